The summed E-state index contributed by atoms with van der Waals surface area (Å²) >= 11 is 3.27. The number of hydrogen-bond donors (Lipinski definition) is 2. The molecular weight excluding hydrogens is 422 g/mol. The van der Waals surface area contributed by atoms with Gasteiger partial charge in [0.15, 0.2) is 0 Å². The zero-order valence-corrected chi connectivity index (χ0v) is 17.5. The number of benzene rings is 1. The molecule has 1 aliphatic heterocycles. The Bertz CT molecular complexity index is 797. The highest BCUT2D eigenvalue weighted by Gasteiger charge is 2.28. The monoisotopic (exact) mass is 445 g/mol. The highest BCUT2D eigenvalue weighted by molar-refractivity contribution is 9.10. The van der Waals surface area contributed by atoms with Crippen molar-refractivity contribution in [2.24, 2.45) is 0 Å². The van der Waals surface area contributed by atoms with Crippen LogP contribution in [0.15, 0.2) is 27.6 Å². The number of sulfonamides is 1. The van der Waals surface area contributed by atoms with E-state index in [9.17, 15) is 18.0 Å². The van der Waals surface area contributed by atoms with Crippen LogP contribution >= 0.6 is 15.9 Å². The first-order valence-electron chi connectivity index (χ1n) is 8.39. The summed E-state index contributed by atoms with van der Waals surface area (Å²) < 4.78 is 27.2. The third-order valence-corrected chi connectivity index (χ3v) is 6.40. The van der Waals surface area contributed by atoms with E-state index in [1.54, 1.807) is 0 Å². The summed E-state index contributed by atoms with van der Waals surface area (Å²) in [5.41, 5.74) is -0.222. The van der Waals surface area contributed by atoms with Gasteiger partial charge >= 0.3 is 0 Å². The lowest BCUT2D eigenvalue weighted by Crippen LogP contribution is -2.45. The van der Waals surface area contributed by atoms with Gasteiger partial charge in [0.05, 0.1) is 17.0 Å². The molecular formula is C17H24BrN3O4S. The molecule has 1 heterocycles. The Labute approximate surface area is 162 Å². The number of carbonyl (C=O) groups is 2. The zero-order chi connectivity index (χ0) is 19.5. The molecule has 2 N–H and O–H groups in total. The number of carbonyl (C=O) groups excluding carboxylic acids is 2. The molecule has 0 atom stereocenters. The van der Waals surface area contributed by atoms with E-state index in [-0.39, 0.29) is 22.9 Å². The average molecular weight is 446 g/mol. The molecule has 2 rings (SSSR count). The topological polar surface area (TPSA) is 95.6 Å². The first-order valence-corrected chi connectivity index (χ1v) is 10.6. The summed E-state index contributed by atoms with van der Waals surface area (Å²) in [5, 5.41) is 5.27. The van der Waals surface area contributed by atoms with E-state index in [2.05, 4.69) is 26.6 Å². The average Bonchev–Trinajstić information content (AvgIpc) is 3.06. The van der Waals surface area contributed by atoms with Crippen molar-refractivity contribution < 1.29 is 18.0 Å². The molecule has 0 aliphatic carbocycles. The van der Waals surface area contributed by atoms with E-state index in [0.29, 0.717) is 17.6 Å². The Hall–Kier alpha value is -1.45. The molecule has 9 heteroatoms. The maximum absolute atomic E-state index is 12.7. The minimum Gasteiger partial charge on any atom is -0.350 e. The molecule has 0 aromatic heterocycles. The molecule has 2 amide bonds. The SMILES string of the molecule is CC(C)(C)NC(=O)CNC(=O)c1cc(S(=O)(=O)N2CCCC2)ccc1Br. The summed E-state index contributed by atoms with van der Waals surface area (Å²) in [7, 11) is -3.61. The quantitative estimate of drug-likeness (QED) is 0.722. The van der Waals surface area contributed by atoms with Gasteiger partial charge in [-0.25, -0.2) is 8.42 Å². The molecule has 0 saturated carbocycles. The number of halogens is 1. The van der Waals surface area contributed by atoms with Crippen LogP contribution in [0.1, 0.15) is 44.0 Å². The lowest BCUT2D eigenvalue weighted by Gasteiger charge is -2.20. The van der Waals surface area contributed by atoms with Crippen LogP contribution in [0.2, 0.25) is 0 Å². The van der Waals surface area contributed by atoms with Gasteiger partial charge in [0.1, 0.15) is 0 Å². The molecule has 0 unspecified atom stereocenters. The maximum Gasteiger partial charge on any atom is 0.252 e. The number of nitrogens with zero attached hydrogens (tertiary/aromatic N) is 1. The molecule has 7 nitrogen and oxygen atoms in total. The van der Waals surface area contributed by atoms with Crippen LogP contribution in [-0.4, -0.2) is 49.7 Å². The van der Waals surface area contributed by atoms with Gasteiger partial charge < -0.3 is 10.6 Å². The Balaban J connectivity index is 2.14. The number of nitrogens with one attached hydrogen (secondary N) is 2. The van der Waals surface area contributed by atoms with Gasteiger partial charge in [-0.15, -0.1) is 0 Å². The Morgan fingerprint density at radius 1 is 1.19 bits per heavy atom. The summed E-state index contributed by atoms with van der Waals surface area (Å²) in [6.45, 7) is 6.33. The molecule has 1 aliphatic rings. The standard InChI is InChI=1S/C17H24BrN3O4S/c1-17(2,3)20-15(22)11-19-16(23)13-10-12(6-7-14(13)18)26(24,25)21-8-4-5-9-21/h6-7,10H,4-5,8-9,11H2,1-3H3,(H,19,23)(H,20,22). The predicted molar refractivity (Wildman–Crippen MR) is 102 cm³/mol. The highest BCUT2D eigenvalue weighted by atomic mass is 79.9. The van der Waals surface area contributed by atoms with Gasteiger partial charge in [-0.2, -0.15) is 4.31 Å². The third-order valence-electron chi connectivity index (χ3n) is 3.81. The maximum atomic E-state index is 12.7. The van der Waals surface area contributed by atoms with Crippen LogP contribution in [0.3, 0.4) is 0 Å². The summed E-state index contributed by atoms with van der Waals surface area (Å²) in [4.78, 5) is 24.3. The van der Waals surface area contributed by atoms with Gasteiger partial charge in [-0.05, 0) is 67.7 Å². The number of rotatable bonds is 5. The van der Waals surface area contributed by atoms with Crippen molar-refractivity contribution >= 4 is 37.8 Å². The van der Waals surface area contributed by atoms with Gasteiger partial charge in [-0.3, -0.25) is 9.59 Å². The number of amides is 2. The van der Waals surface area contributed by atoms with E-state index in [4.69, 9.17) is 0 Å². The van der Waals surface area contributed by atoms with Crippen LogP contribution in [0.25, 0.3) is 0 Å². The first-order chi connectivity index (χ1) is 12.0. The third kappa shape index (κ3) is 5.28. The Morgan fingerprint density at radius 2 is 1.81 bits per heavy atom. The van der Waals surface area contributed by atoms with Crippen LogP contribution in [-0.2, 0) is 14.8 Å². The largest absolute Gasteiger partial charge is 0.350 e. The predicted octanol–water partition coefficient (Wildman–Crippen LogP) is 1.88. The minimum atomic E-state index is -3.61. The lowest BCUT2D eigenvalue weighted by molar-refractivity contribution is -0.121. The highest BCUT2D eigenvalue weighted by Crippen LogP contribution is 2.25. The van der Waals surface area contributed by atoms with Gasteiger partial charge in [-0.1, -0.05) is 0 Å². The van der Waals surface area contributed by atoms with E-state index < -0.39 is 21.5 Å². The van der Waals surface area contributed by atoms with Crippen molar-refractivity contribution in [3.63, 3.8) is 0 Å². The van der Waals surface area contributed by atoms with Crippen LogP contribution < -0.4 is 10.6 Å². The second kappa shape index (κ2) is 8.06. The molecule has 0 spiro atoms. The van der Waals surface area contributed by atoms with E-state index in [1.165, 1.54) is 22.5 Å². The molecule has 0 radical (unpaired) electrons. The molecule has 0 bridgehead atoms. The Kier molecular flexibility index (Phi) is 6.46. The van der Waals surface area contributed by atoms with Gasteiger partial charge in [0.25, 0.3) is 5.91 Å². The van der Waals surface area contributed by atoms with Gasteiger partial charge in [0, 0.05) is 23.1 Å². The van der Waals surface area contributed by atoms with E-state index in [0.717, 1.165) is 12.8 Å². The zero-order valence-electron chi connectivity index (χ0n) is 15.1. The summed E-state index contributed by atoms with van der Waals surface area (Å²) in [5.74, 6) is -0.831. The van der Waals surface area contributed by atoms with Crippen molar-refractivity contribution in [3.8, 4) is 0 Å². The lowest BCUT2D eigenvalue weighted by atomic mass is 10.1. The van der Waals surface area contributed by atoms with E-state index >= 15 is 0 Å². The molecule has 144 valence electrons. The van der Waals surface area contributed by atoms with Crippen LogP contribution in [0.5, 0.6) is 0 Å². The normalized spacial score (nSPS) is 15.7. The molecule has 1 aromatic carbocycles. The van der Waals surface area contributed by atoms with Crippen LogP contribution in [0.4, 0.5) is 0 Å². The summed E-state index contributed by atoms with van der Waals surface area (Å²) in [6, 6.07) is 4.35. The number of hydrogen-bond acceptors (Lipinski definition) is 4. The minimum absolute atomic E-state index is 0.0758. The first kappa shape index (κ1) is 20.9. The van der Waals surface area contributed by atoms with Crippen molar-refractivity contribution in [1.82, 2.24) is 14.9 Å². The molecule has 1 aromatic rings. The fraction of sp³-hybridized carbons (Fsp3) is 0.529. The Morgan fingerprint density at radius 3 is 2.38 bits per heavy atom. The van der Waals surface area contributed by atoms with Crippen LogP contribution in [0, 0.1) is 0 Å². The summed E-state index contributed by atoms with van der Waals surface area (Å²) in [6.07, 6.45) is 1.68. The van der Waals surface area contributed by atoms with E-state index in [1.807, 2.05) is 20.8 Å². The van der Waals surface area contributed by atoms with Crippen molar-refractivity contribution in [2.75, 3.05) is 19.6 Å². The van der Waals surface area contributed by atoms with Crippen molar-refractivity contribution in [1.29, 1.82) is 0 Å². The fourth-order valence-electron chi connectivity index (χ4n) is 2.63. The fourth-order valence-corrected chi connectivity index (χ4v) is 4.61. The second-order valence-corrected chi connectivity index (χ2v) is 10.0. The molecule has 26 heavy (non-hydrogen) atoms. The van der Waals surface area contributed by atoms with Gasteiger partial charge in [0.2, 0.25) is 15.9 Å². The van der Waals surface area contributed by atoms with Crippen molar-refractivity contribution in [2.45, 2.75) is 44.0 Å². The smallest absolute Gasteiger partial charge is 0.252 e. The molecule has 1 saturated heterocycles. The second-order valence-electron chi connectivity index (χ2n) is 7.23. The molecule has 1 fully saturated rings. The van der Waals surface area contributed by atoms with Crippen molar-refractivity contribution in [3.05, 3.63) is 28.2 Å².